The van der Waals surface area contributed by atoms with Gasteiger partial charge in [-0.25, -0.2) is 0 Å². The maximum absolute atomic E-state index is 12.2. The quantitative estimate of drug-likeness (QED) is 0.819. The summed E-state index contributed by atoms with van der Waals surface area (Å²) >= 11 is 0. The Morgan fingerprint density at radius 2 is 2.11 bits per heavy atom. The van der Waals surface area contributed by atoms with Gasteiger partial charge < -0.3 is 9.84 Å². The molecule has 4 nitrogen and oxygen atoms in total. The predicted octanol–water partition coefficient (Wildman–Crippen LogP) is 1.94. The molecule has 0 radical (unpaired) electrons. The molecule has 106 valence electrons. The smallest absolute Gasteiger partial charge is 0.401 e. The molecule has 1 rings (SSSR count). The lowest BCUT2D eigenvalue weighted by atomic mass is 9.79. The summed E-state index contributed by atoms with van der Waals surface area (Å²) in [7, 11) is 0. The first kappa shape index (κ1) is 15.2. The number of rotatable bonds is 4. The molecule has 0 aromatic heterocycles. The number of carboxylic acids is 1. The summed E-state index contributed by atoms with van der Waals surface area (Å²) in [5.41, 5.74) is -2.26. The average molecular weight is 269 g/mol. The first-order valence-electron chi connectivity index (χ1n) is 5.82. The molecule has 18 heavy (non-hydrogen) atoms. The molecular formula is C11H18F3NO3. The van der Waals surface area contributed by atoms with Crippen LogP contribution in [-0.4, -0.2) is 41.5 Å². The average Bonchev–Trinajstić information content (AvgIpc) is 2.25. The largest absolute Gasteiger partial charge is 0.480 e. The summed E-state index contributed by atoms with van der Waals surface area (Å²) in [5, 5.41) is 11.4. The number of carboxylic acid groups (broad SMARTS) is 1. The number of hydrogen-bond acceptors (Lipinski definition) is 3. The Hall–Kier alpha value is -0.820. The Balaban J connectivity index is 2.84. The summed E-state index contributed by atoms with van der Waals surface area (Å²) in [5.74, 6) is -1.25. The Morgan fingerprint density at radius 3 is 2.56 bits per heavy atom. The Morgan fingerprint density at radius 1 is 1.50 bits per heavy atom. The second-order valence-electron chi connectivity index (χ2n) is 4.93. The van der Waals surface area contributed by atoms with E-state index in [0.29, 0.717) is 6.42 Å². The van der Waals surface area contributed by atoms with Gasteiger partial charge in [-0.3, -0.25) is 10.1 Å². The van der Waals surface area contributed by atoms with Crippen molar-refractivity contribution < 1.29 is 27.8 Å². The Bertz CT molecular complexity index is 321. The van der Waals surface area contributed by atoms with Crippen molar-refractivity contribution in [2.24, 2.45) is 0 Å². The van der Waals surface area contributed by atoms with E-state index in [2.05, 4.69) is 5.32 Å². The van der Waals surface area contributed by atoms with Crippen molar-refractivity contribution in [1.29, 1.82) is 0 Å². The molecule has 0 saturated carbocycles. The zero-order valence-electron chi connectivity index (χ0n) is 10.4. The highest BCUT2D eigenvalue weighted by Crippen LogP contribution is 2.35. The lowest BCUT2D eigenvalue weighted by molar-refractivity contribution is -0.167. The van der Waals surface area contributed by atoms with Crippen LogP contribution >= 0.6 is 0 Å². The molecule has 1 heterocycles. The molecule has 1 aliphatic rings. The van der Waals surface area contributed by atoms with Gasteiger partial charge in [-0.1, -0.05) is 6.92 Å². The van der Waals surface area contributed by atoms with Crippen LogP contribution in [0.25, 0.3) is 0 Å². The molecule has 7 heteroatoms. The van der Waals surface area contributed by atoms with Crippen molar-refractivity contribution in [3.05, 3.63) is 0 Å². The molecule has 0 amide bonds. The normalized spacial score (nSPS) is 33.4. The SMILES string of the molecule is CCC1(C)CC(NCC(F)(F)F)(C(=O)O)CCO1. The first-order chi connectivity index (χ1) is 8.13. The summed E-state index contributed by atoms with van der Waals surface area (Å²) in [6, 6.07) is 0. The number of alkyl halides is 3. The van der Waals surface area contributed by atoms with Crippen molar-refractivity contribution in [1.82, 2.24) is 5.32 Å². The van der Waals surface area contributed by atoms with Crippen LogP contribution in [0, 0.1) is 0 Å². The third kappa shape index (κ3) is 3.58. The number of halogens is 3. The van der Waals surface area contributed by atoms with E-state index in [-0.39, 0.29) is 19.4 Å². The molecule has 0 spiro atoms. The van der Waals surface area contributed by atoms with Gasteiger partial charge in [0, 0.05) is 13.0 Å². The topological polar surface area (TPSA) is 58.6 Å². The van der Waals surface area contributed by atoms with E-state index in [0.717, 1.165) is 0 Å². The highest BCUT2D eigenvalue weighted by atomic mass is 19.4. The third-order valence-corrected chi connectivity index (χ3v) is 3.44. The Labute approximate surface area is 103 Å². The van der Waals surface area contributed by atoms with Crippen LogP contribution in [0.1, 0.15) is 33.1 Å². The molecule has 0 bridgehead atoms. The van der Waals surface area contributed by atoms with Gasteiger partial charge in [-0.2, -0.15) is 13.2 Å². The summed E-state index contributed by atoms with van der Waals surface area (Å²) in [6.45, 7) is 2.38. The van der Waals surface area contributed by atoms with Gasteiger partial charge in [0.1, 0.15) is 5.54 Å². The fraction of sp³-hybridized carbons (Fsp3) is 0.909. The van der Waals surface area contributed by atoms with Crippen LogP contribution in [-0.2, 0) is 9.53 Å². The fourth-order valence-corrected chi connectivity index (χ4v) is 2.15. The van der Waals surface area contributed by atoms with Crippen molar-refractivity contribution >= 4 is 5.97 Å². The number of ether oxygens (including phenoxy) is 1. The van der Waals surface area contributed by atoms with Crippen molar-refractivity contribution in [2.75, 3.05) is 13.2 Å². The van der Waals surface area contributed by atoms with E-state index in [1.54, 1.807) is 6.92 Å². The zero-order valence-corrected chi connectivity index (χ0v) is 10.4. The summed E-state index contributed by atoms with van der Waals surface area (Å²) in [6.07, 6.45) is -3.81. The minimum Gasteiger partial charge on any atom is -0.480 e. The summed E-state index contributed by atoms with van der Waals surface area (Å²) < 4.78 is 42.2. The highest BCUT2D eigenvalue weighted by Gasteiger charge is 2.49. The van der Waals surface area contributed by atoms with Crippen LogP contribution in [0.5, 0.6) is 0 Å². The fourth-order valence-electron chi connectivity index (χ4n) is 2.15. The van der Waals surface area contributed by atoms with E-state index < -0.39 is 29.8 Å². The molecule has 0 aromatic rings. The highest BCUT2D eigenvalue weighted by molar-refractivity contribution is 5.79. The van der Waals surface area contributed by atoms with Crippen molar-refractivity contribution in [2.45, 2.75) is 50.4 Å². The van der Waals surface area contributed by atoms with Crippen molar-refractivity contribution in [3.8, 4) is 0 Å². The number of hydrogen-bond donors (Lipinski definition) is 2. The molecule has 0 aromatic carbocycles. The van der Waals surface area contributed by atoms with E-state index in [1.165, 1.54) is 0 Å². The molecule has 2 N–H and O–H groups in total. The van der Waals surface area contributed by atoms with Gasteiger partial charge >= 0.3 is 12.1 Å². The maximum Gasteiger partial charge on any atom is 0.401 e. The van der Waals surface area contributed by atoms with Crippen LogP contribution in [0.4, 0.5) is 13.2 Å². The maximum atomic E-state index is 12.2. The third-order valence-electron chi connectivity index (χ3n) is 3.44. The van der Waals surface area contributed by atoms with Gasteiger partial charge in [0.2, 0.25) is 0 Å². The number of nitrogens with one attached hydrogen (secondary N) is 1. The monoisotopic (exact) mass is 269 g/mol. The van der Waals surface area contributed by atoms with Crippen LogP contribution in [0.3, 0.4) is 0 Å². The zero-order chi connectivity index (χ0) is 14.0. The lowest BCUT2D eigenvalue weighted by Crippen LogP contribution is -2.61. The van der Waals surface area contributed by atoms with E-state index in [9.17, 15) is 23.1 Å². The second kappa shape index (κ2) is 5.05. The minimum absolute atomic E-state index is 0.0297. The molecule has 1 fully saturated rings. The first-order valence-corrected chi connectivity index (χ1v) is 5.82. The van der Waals surface area contributed by atoms with Gasteiger partial charge in [0.15, 0.2) is 0 Å². The summed E-state index contributed by atoms with van der Waals surface area (Å²) in [4.78, 5) is 11.3. The number of aliphatic carboxylic acids is 1. The standard InChI is InChI=1S/C11H18F3NO3/c1-3-9(2)6-10(8(16)17,4-5-18-9)15-7-11(12,13)14/h15H,3-7H2,1-2H3,(H,16,17). The van der Waals surface area contributed by atoms with Crippen LogP contribution in [0.2, 0.25) is 0 Å². The second-order valence-corrected chi connectivity index (χ2v) is 4.93. The molecule has 2 atom stereocenters. The van der Waals surface area contributed by atoms with Gasteiger partial charge in [-0.15, -0.1) is 0 Å². The lowest BCUT2D eigenvalue weighted by Gasteiger charge is -2.44. The minimum atomic E-state index is -4.43. The van der Waals surface area contributed by atoms with E-state index in [1.807, 2.05) is 6.92 Å². The van der Waals surface area contributed by atoms with Crippen LogP contribution < -0.4 is 5.32 Å². The molecule has 1 saturated heterocycles. The molecule has 0 aliphatic carbocycles. The van der Waals surface area contributed by atoms with Gasteiger partial charge in [-0.05, 0) is 19.8 Å². The molecule has 2 unspecified atom stereocenters. The van der Waals surface area contributed by atoms with Gasteiger partial charge in [0.05, 0.1) is 12.1 Å². The number of carbonyl (C=O) groups is 1. The van der Waals surface area contributed by atoms with E-state index >= 15 is 0 Å². The molecular weight excluding hydrogens is 251 g/mol. The Kier molecular flexibility index (Phi) is 4.27. The predicted molar refractivity (Wildman–Crippen MR) is 58.3 cm³/mol. The van der Waals surface area contributed by atoms with Crippen LogP contribution in [0.15, 0.2) is 0 Å². The van der Waals surface area contributed by atoms with E-state index in [4.69, 9.17) is 4.74 Å². The molecule has 1 aliphatic heterocycles. The van der Waals surface area contributed by atoms with Crippen molar-refractivity contribution in [3.63, 3.8) is 0 Å². The van der Waals surface area contributed by atoms with Gasteiger partial charge in [0.25, 0.3) is 0 Å².